The molecule has 0 radical (unpaired) electrons. The van der Waals surface area contributed by atoms with E-state index in [0.717, 1.165) is 11.1 Å². The fourth-order valence-corrected chi connectivity index (χ4v) is 1.95. The van der Waals surface area contributed by atoms with E-state index < -0.39 is 0 Å². The van der Waals surface area contributed by atoms with Crippen LogP contribution in [0.3, 0.4) is 0 Å². The fraction of sp³-hybridized carbons (Fsp3) is 0.333. The first-order chi connectivity index (χ1) is 10.4. The third kappa shape index (κ3) is 6.08. The molecule has 3 nitrogen and oxygen atoms in total. The molecular formula is C18H22O3. The molecule has 0 amide bonds. The summed E-state index contributed by atoms with van der Waals surface area (Å²) in [5.74, 6) is 0. The van der Waals surface area contributed by atoms with Crippen LogP contribution in [0.15, 0.2) is 60.7 Å². The zero-order valence-corrected chi connectivity index (χ0v) is 12.4. The van der Waals surface area contributed by atoms with Crippen molar-refractivity contribution in [1.82, 2.24) is 0 Å². The van der Waals surface area contributed by atoms with Crippen LogP contribution in [-0.4, -0.2) is 26.4 Å². The second-order valence-corrected chi connectivity index (χ2v) is 4.86. The maximum Gasteiger partial charge on any atom is 0.104 e. The Hall–Kier alpha value is -1.68. The quantitative estimate of drug-likeness (QED) is 0.707. The first-order valence-corrected chi connectivity index (χ1v) is 7.14. The van der Waals surface area contributed by atoms with Gasteiger partial charge in [0.1, 0.15) is 6.10 Å². The van der Waals surface area contributed by atoms with Crippen molar-refractivity contribution < 1.29 is 14.2 Å². The molecule has 0 unspecified atom stereocenters. The SMILES string of the molecule is COC(COCc1ccccc1)COCc1ccccc1. The first kappa shape index (κ1) is 15.7. The normalized spacial score (nSPS) is 11.0. The van der Waals surface area contributed by atoms with E-state index in [1.807, 2.05) is 60.7 Å². The lowest BCUT2D eigenvalue weighted by atomic mass is 10.2. The lowest BCUT2D eigenvalue weighted by Gasteiger charge is -2.16. The molecule has 0 heterocycles. The van der Waals surface area contributed by atoms with E-state index in [0.29, 0.717) is 26.4 Å². The van der Waals surface area contributed by atoms with Gasteiger partial charge in [0.15, 0.2) is 0 Å². The predicted molar refractivity (Wildman–Crippen MR) is 83.0 cm³/mol. The minimum absolute atomic E-state index is 0.0441. The molecule has 0 aliphatic heterocycles. The highest BCUT2D eigenvalue weighted by atomic mass is 16.6. The van der Waals surface area contributed by atoms with Crippen molar-refractivity contribution in [1.29, 1.82) is 0 Å². The van der Waals surface area contributed by atoms with Crippen LogP contribution in [0.2, 0.25) is 0 Å². The van der Waals surface area contributed by atoms with E-state index in [2.05, 4.69) is 0 Å². The van der Waals surface area contributed by atoms with Gasteiger partial charge in [0.25, 0.3) is 0 Å². The largest absolute Gasteiger partial charge is 0.377 e. The van der Waals surface area contributed by atoms with Crippen LogP contribution < -0.4 is 0 Å². The standard InChI is InChI=1S/C18H22O3/c1-19-18(14-20-12-16-8-4-2-5-9-16)15-21-13-17-10-6-3-7-11-17/h2-11,18H,12-15H2,1H3. The van der Waals surface area contributed by atoms with Crippen molar-refractivity contribution in [3.8, 4) is 0 Å². The summed E-state index contributed by atoms with van der Waals surface area (Å²) in [5, 5.41) is 0. The maximum atomic E-state index is 5.67. The van der Waals surface area contributed by atoms with Gasteiger partial charge >= 0.3 is 0 Å². The summed E-state index contributed by atoms with van der Waals surface area (Å²) in [6.07, 6.45) is -0.0441. The van der Waals surface area contributed by atoms with Crippen molar-refractivity contribution in [2.45, 2.75) is 19.3 Å². The molecule has 0 fully saturated rings. The number of benzene rings is 2. The smallest absolute Gasteiger partial charge is 0.104 e. The van der Waals surface area contributed by atoms with Crippen LogP contribution in [0.25, 0.3) is 0 Å². The van der Waals surface area contributed by atoms with Gasteiger partial charge in [0, 0.05) is 7.11 Å². The Bertz CT molecular complexity index is 439. The molecule has 0 N–H and O–H groups in total. The Morgan fingerprint density at radius 3 is 1.52 bits per heavy atom. The van der Waals surface area contributed by atoms with E-state index in [1.54, 1.807) is 7.11 Å². The highest BCUT2D eigenvalue weighted by Gasteiger charge is 2.08. The van der Waals surface area contributed by atoms with Gasteiger partial charge in [0.2, 0.25) is 0 Å². The second kappa shape index (κ2) is 9.29. The molecule has 0 aromatic heterocycles. The minimum atomic E-state index is -0.0441. The molecule has 2 aromatic rings. The molecule has 0 atom stereocenters. The van der Waals surface area contributed by atoms with Crippen LogP contribution in [0.1, 0.15) is 11.1 Å². The topological polar surface area (TPSA) is 27.7 Å². The molecule has 112 valence electrons. The molecule has 2 aromatic carbocycles. The maximum absolute atomic E-state index is 5.67. The van der Waals surface area contributed by atoms with E-state index in [-0.39, 0.29) is 6.10 Å². The van der Waals surface area contributed by atoms with Crippen molar-refractivity contribution >= 4 is 0 Å². The Balaban J connectivity index is 1.64. The summed E-state index contributed by atoms with van der Waals surface area (Å²) in [4.78, 5) is 0. The fourth-order valence-electron chi connectivity index (χ4n) is 1.95. The lowest BCUT2D eigenvalue weighted by Crippen LogP contribution is -2.24. The molecule has 0 aliphatic carbocycles. The average molecular weight is 286 g/mol. The number of rotatable bonds is 9. The zero-order valence-electron chi connectivity index (χ0n) is 12.4. The summed E-state index contributed by atoms with van der Waals surface area (Å²) in [5.41, 5.74) is 2.33. The Labute approximate surface area is 126 Å². The molecule has 0 saturated heterocycles. The van der Waals surface area contributed by atoms with E-state index in [4.69, 9.17) is 14.2 Å². The van der Waals surface area contributed by atoms with Crippen LogP contribution >= 0.6 is 0 Å². The average Bonchev–Trinajstić information content (AvgIpc) is 2.55. The number of ether oxygens (including phenoxy) is 3. The Morgan fingerprint density at radius 2 is 1.14 bits per heavy atom. The summed E-state index contributed by atoms with van der Waals surface area (Å²) >= 11 is 0. The molecule has 2 rings (SSSR count). The minimum Gasteiger partial charge on any atom is -0.377 e. The van der Waals surface area contributed by atoms with Crippen molar-refractivity contribution in [3.05, 3.63) is 71.8 Å². The molecule has 0 spiro atoms. The molecule has 0 aliphatic rings. The lowest BCUT2D eigenvalue weighted by molar-refractivity contribution is -0.0484. The second-order valence-electron chi connectivity index (χ2n) is 4.86. The van der Waals surface area contributed by atoms with Crippen LogP contribution in [0, 0.1) is 0 Å². The van der Waals surface area contributed by atoms with Crippen LogP contribution in [-0.2, 0) is 27.4 Å². The van der Waals surface area contributed by atoms with Gasteiger partial charge in [-0.15, -0.1) is 0 Å². The van der Waals surface area contributed by atoms with Gasteiger partial charge in [-0.2, -0.15) is 0 Å². The third-order valence-corrected chi connectivity index (χ3v) is 3.16. The van der Waals surface area contributed by atoms with E-state index in [1.165, 1.54) is 0 Å². The highest BCUT2D eigenvalue weighted by Crippen LogP contribution is 2.04. The monoisotopic (exact) mass is 286 g/mol. The van der Waals surface area contributed by atoms with Gasteiger partial charge in [0.05, 0.1) is 26.4 Å². The summed E-state index contributed by atoms with van der Waals surface area (Å²) < 4.78 is 16.7. The van der Waals surface area contributed by atoms with Gasteiger partial charge in [-0.05, 0) is 11.1 Å². The predicted octanol–water partition coefficient (Wildman–Crippen LogP) is 3.44. The molecular weight excluding hydrogens is 264 g/mol. The van der Waals surface area contributed by atoms with E-state index in [9.17, 15) is 0 Å². The zero-order chi connectivity index (χ0) is 14.8. The van der Waals surface area contributed by atoms with Crippen molar-refractivity contribution in [2.75, 3.05) is 20.3 Å². The molecule has 0 bridgehead atoms. The highest BCUT2D eigenvalue weighted by molar-refractivity contribution is 5.14. The molecule has 0 saturated carbocycles. The molecule has 21 heavy (non-hydrogen) atoms. The van der Waals surface area contributed by atoms with Gasteiger partial charge in [-0.3, -0.25) is 0 Å². The van der Waals surface area contributed by atoms with Crippen molar-refractivity contribution in [2.24, 2.45) is 0 Å². The summed E-state index contributed by atoms with van der Waals surface area (Å²) in [6, 6.07) is 20.2. The van der Waals surface area contributed by atoms with E-state index >= 15 is 0 Å². The summed E-state index contributed by atoms with van der Waals surface area (Å²) in [6.45, 7) is 2.25. The first-order valence-electron chi connectivity index (χ1n) is 7.14. The number of methoxy groups -OCH3 is 1. The third-order valence-electron chi connectivity index (χ3n) is 3.16. The van der Waals surface area contributed by atoms with Gasteiger partial charge < -0.3 is 14.2 Å². The number of hydrogen-bond acceptors (Lipinski definition) is 3. The summed E-state index contributed by atoms with van der Waals surface area (Å²) in [7, 11) is 1.68. The van der Waals surface area contributed by atoms with Crippen LogP contribution in [0.5, 0.6) is 0 Å². The number of hydrogen-bond donors (Lipinski definition) is 0. The van der Waals surface area contributed by atoms with Crippen molar-refractivity contribution in [3.63, 3.8) is 0 Å². The van der Waals surface area contributed by atoms with Gasteiger partial charge in [-0.25, -0.2) is 0 Å². The molecule has 3 heteroatoms. The Morgan fingerprint density at radius 1 is 0.714 bits per heavy atom. The Kier molecular flexibility index (Phi) is 6.95. The van der Waals surface area contributed by atoms with Gasteiger partial charge in [-0.1, -0.05) is 60.7 Å². The van der Waals surface area contributed by atoms with Crippen LogP contribution in [0.4, 0.5) is 0 Å².